The minimum Gasteiger partial charge on any atom is -0.389 e. The average Bonchev–Trinajstić information content (AvgIpc) is 2.79. The van der Waals surface area contributed by atoms with Crippen LogP contribution in [0.3, 0.4) is 0 Å². The zero-order valence-corrected chi connectivity index (χ0v) is 9.67. The van der Waals surface area contributed by atoms with Gasteiger partial charge in [-0.25, -0.2) is 0 Å². The molecular formula is C10H14N4OS. The molecule has 2 heterocycles. The summed E-state index contributed by atoms with van der Waals surface area (Å²) < 4.78 is 5.30. The topological polar surface area (TPSA) is 73.1 Å². The quantitative estimate of drug-likeness (QED) is 0.747. The number of hydrogen-bond donors (Lipinski definition) is 2. The molecule has 0 amide bonds. The Hall–Kier alpha value is -1.27. The molecule has 5 nitrogen and oxygen atoms in total. The fraction of sp³-hybridized carbons (Fsp3) is 0.500. The Balaban J connectivity index is 2.00. The predicted molar refractivity (Wildman–Crippen MR) is 65.3 cm³/mol. The Bertz CT molecular complexity index is 379. The molecule has 6 heteroatoms. The van der Waals surface area contributed by atoms with Crippen molar-refractivity contribution in [2.75, 3.05) is 25.1 Å². The highest BCUT2D eigenvalue weighted by atomic mass is 32.1. The number of anilines is 1. The minimum atomic E-state index is 0.333. The number of ether oxygens (including phenoxy) is 1. The van der Waals surface area contributed by atoms with Crippen LogP contribution in [0.4, 0.5) is 5.82 Å². The lowest BCUT2D eigenvalue weighted by Crippen LogP contribution is -2.19. The smallest absolute Gasteiger partial charge is 0.158 e. The van der Waals surface area contributed by atoms with Crippen molar-refractivity contribution in [1.82, 2.24) is 10.2 Å². The zero-order valence-electron chi connectivity index (χ0n) is 8.85. The standard InChI is InChI=1S/C10H14N4OS/c11-9(16)8-1-3-13-14-10(8)12-5-7-2-4-15-6-7/h1,3,7H,2,4-6H2,(H2,11,16)(H,12,14). The van der Waals surface area contributed by atoms with Crippen molar-refractivity contribution in [3.8, 4) is 0 Å². The number of nitrogens with two attached hydrogens (primary N) is 1. The van der Waals surface area contributed by atoms with Gasteiger partial charge in [0.15, 0.2) is 5.82 Å². The molecular weight excluding hydrogens is 224 g/mol. The maximum atomic E-state index is 5.60. The van der Waals surface area contributed by atoms with Crippen molar-refractivity contribution in [3.05, 3.63) is 17.8 Å². The normalized spacial score (nSPS) is 19.6. The number of aromatic nitrogens is 2. The van der Waals surface area contributed by atoms with Gasteiger partial charge < -0.3 is 15.8 Å². The minimum absolute atomic E-state index is 0.333. The van der Waals surface area contributed by atoms with Gasteiger partial charge in [0.25, 0.3) is 0 Å². The maximum Gasteiger partial charge on any atom is 0.158 e. The first kappa shape index (κ1) is 11.2. The van der Waals surface area contributed by atoms with Crippen molar-refractivity contribution in [3.63, 3.8) is 0 Å². The average molecular weight is 238 g/mol. The van der Waals surface area contributed by atoms with Gasteiger partial charge in [0, 0.05) is 19.1 Å². The molecule has 1 aromatic heterocycles. The molecule has 1 atom stereocenters. The molecule has 3 N–H and O–H groups in total. The number of rotatable bonds is 4. The first-order chi connectivity index (χ1) is 7.77. The highest BCUT2D eigenvalue weighted by Crippen LogP contribution is 2.15. The van der Waals surface area contributed by atoms with Crippen LogP contribution in [-0.2, 0) is 4.74 Å². The summed E-state index contributed by atoms with van der Waals surface area (Å²) in [6.45, 7) is 2.46. The Morgan fingerprint density at radius 1 is 1.69 bits per heavy atom. The lowest BCUT2D eigenvalue weighted by molar-refractivity contribution is 0.187. The Morgan fingerprint density at radius 3 is 3.25 bits per heavy atom. The molecule has 1 saturated heterocycles. The second kappa shape index (κ2) is 5.18. The van der Waals surface area contributed by atoms with Crippen LogP contribution in [0.25, 0.3) is 0 Å². The third-order valence-corrected chi connectivity index (χ3v) is 2.79. The monoisotopic (exact) mass is 238 g/mol. The van der Waals surface area contributed by atoms with E-state index in [1.165, 1.54) is 0 Å². The largest absolute Gasteiger partial charge is 0.389 e. The molecule has 86 valence electrons. The van der Waals surface area contributed by atoms with E-state index in [4.69, 9.17) is 22.7 Å². The van der Waals surface area contributed by atoms with E-state index in [1.54, 1.807) is 12.3 Å². The predicted octanol–water partition coefficient (Wildman–Crippen LogP) is 0.559. The van der Waals surface area contributed by atoms with Crippen molar-refractivity contribution in [1.29, 1.82) is 0 Å². The Labute approximate surface area is 99.4 Å². The molecule has 0 bridgehead atoms. The molecule has 0 aliphatic carbocycles. The Morgan fingerprint density at radius 2 is 2.56 bits per heavy atom. The van der Waals surface area contributed by atoms with Crippen LogP contribution in [0.2, 0.25) is 0 Å². The van der Waals surface area contributed by atoms with Crippen LogP contribution in [0, 0.1) is 5.92 Å². The van der Waals surface area contributed by atoms with Gasteiger partial charge in [-0.2, -0.15) is 5.10 Å². The van der Waals surface area contributed by atoms with Gasteiger partial charge in [0.05, 0.1) is 18.4 Å². The van der Waals surface area contributed by atoms with E-state index in [2.05, 4.69) is 15.5 Å². The van der Waals surface area contributed by atoms with E-state index in [-0.39, 0.29) is 0 Å². The lowest BCUT2D eigenvalue weighted by atomic mass is 10.1. The zero-order chi connectivity index (χ0) is 11.4. The van der Waals surface area contributed by atoms with Crippen molar-refractivity contribution >= 4 is 23.0 Å². The maximum absolute atomic E-state index is 5.60. The van der Waals surface area contributed by atoms with Crippen LogP contribution < -0.4 is 11.1 Å². The molecule has 16 heavy (non-hydrogen) atoms. The third kappa shape index (κ3) is 2.65. The molecule has 0 spiro atoms. The molecule has 1 fully saturated rings. The van der Waals surface area contributed by atoms with Gasteiger partial charge in [-0.15, -0.1) is 5.10 Å². The second-order valence-electron chi connectivity index (χ2n) is 3.77. The molecule has 0 radical (unpaired) electrons. The molecule has 1 aliphatic rings. The van der Waals surface area contributed by atoms with Crippen LogP contribution in [0.15, 0.2) is 12.3 Å². The van der Waals surface area contributed by atoms with E-state index < -0.39 is 0 Å². The van der Waals surface area contributed by atoms with Gasteiger partial charge in [0.1, 0.15) is 4.99 Å². The Kier molecular flexibility index (Phi) is 3.63. The lowest BCUT2D eigenvalue weighted by Gasteiger charge is -2.11. The molecule has 1 aliphatic heterocycles. The van der Waals surface area contributed by atoms with E-state index in [9.17, 15) is 0 Å². The summed E-state index contributed by atoms with van der Waals surface area (Å²) in [6.07, 6.45) is 2.66. The second-order valence-corrected chi connectivity index (χ2v) is 4.21. The van der Waals surface area contributed by atoms with Crippen molar-refractivity contribution in [2.45, 2.75) is 6.42 Å². The summed E-state index contributed by atoms with van der Waals surface area (Å²) in [5.74, 6) is 1.18. The van der Waals surface area contributed by atoms with Crippen LogP contribution in [0.5, 0.6) is 0 Å². The van der Waals surface area contributed by atoms with Crippen LogP contribution in [-0.4, -0.2) is 34.9 Å². The van der Waals surface area contributed by atoms with E-state index in [1.807, 2.05) is 0 Å². The summed E-state index contributed by atoms with van der Waals surface area (Å²) >= 11 is 4.94. The third-order valence-electron chi connectivity index (χ3n) is 2.57. The molecule has 0 saturated carbocycles. The molecule has 0 aromatic carbocycles. The highest BCUT2D eigenvalue weighted by Gasteiger charge is 2.16. The summed E-state index contributed by atoms with van der Waals surface area (Å²) in [5.41, 5.74) is 6.34. The van der Waals surface area contributed by atoms with Gasteiger partial charge in [-0.1, -0.05) is 12.2 Å². The molecule has 1 unspecified atom stereocenters. The van der Waals surface area contributed by atoms with Gasteiger partial charge in [-0.05, 0) is 12.5 Å². The van der Waals surface area contributed by atoms with E-state index >= 15 is 0 Å². The summed E-state index contributed by atoms with van der Waals surface area (Å²) in [5, 5.41) is 11.0. The summed E-state index contributed by atoms with van der Waals surface area (Å²) in [7, 11) is 0. The number of thiocarbonyl (C=S) groups is 1. The van der Waals surface area contributed by atoms with E-state index in [0.717, 1.165) is 31.7 Å². The highest BCUT2D eigenvalue weighted by molar-refractivity contribution is 7.80. The number of hydrogen-bond acceptors (Lipinski definition) is 5. The first-order valence-electron chi connectivity index (χ1n) is 5.20. The van der Waals surface area contributed by atoms with Gasteiger partial charge >= 0.3 is 0 Å². The SMILES string of the molecule is NC(=S)c1ccnnc1NCC1CCOC1. The fourth-order valence-electron chi connectivity index (χ4n) is 1.65. The number of nitrogens with zero attached hydrogens (tertiary/aromatic N) is 2. The van der Waals surface area contributed by atoms with Gasteiger partial charge in [-0.3, -0.25) is 0 Å². The summed E-state index contributed by atoms with van der Waals surface area (Å²) in [4.78, 5) is 0.333. The van der Waals surface area contributed by atoms with E-state index in [0.29, 0.717) is 16.7 Å². The van der Waals surface area contributed by atoms with Crippen LogP contribution in [0.1, 0.15) is 12.0 Å². The molecule has 2 rings (SSSR count). The summed E-state index contributed by atoms with van der Waals surface area (Å²) in [6, 6.07) is 1.77. The first-order valence-corrected chi connectivity index (χ1v) is 5.61. The molecule has 1 aromatic rings. The van der Waals surface area contributed by atoms with Gasteiger partial charge in [0.2, 0.25) is 0 Å². The van der Waals surface area contributed by atoms with Crippen molar-refractivity contribution in [2.24, 2.45) is 11.7 Å². The van der Waals surface area contributed by atoms with Crippen molar-refractivity contribution < 1.29 is 4.74 Å². The van der Waals surface area contributed by atoms with Crippen LogP contribution >= 0.6 is 12.2 Å². The fourth-order valence-corrected chi connectivity index (χ4v) is 1.81. The number of nitrogens with one attached hydrogen (secondary N) is 1.